The molecule has 3 fully saturated rings. The minimum Gasteiger partial charge on any atom is -0.456 e. The topological polar surface area (TPSA) is 231 Å². The van der Waals surface area contributed by atoms with Crippen molar-refractivity contribution in [1.29, 1.82) is 0 Å². The van der Waals surface area contributed by atoms with Gasteiger partial charge in [-0.3, -0.25) is 14.4 Å². The summed E-state index contributed by atoms with van der Waals surface area (Å²) in [7, 11) is 0. The van der Waals surface area contributed by atoms with E-state index in [0.717, 1.165) is 26.0 Å². The second-order valence-corrected chi connectivity index (χ2v) is 17.4. The highest BCUT2D eigenvalue weighted by atomic mass is 19.4. The van der Waals surface area contributed by atoms with E-state index in [1.165, 1.54) is 65.9 Å². The van der Waals surface area contributed by atoms with Crippen molar-refractivity contribution in [3.63, 3.8) is 0 Å². The van der Waals surface area contributed by atoms with Crippen LogP contribution in [-0.4, -0.2) is 123 Å². The molecule has 0 unspecified atom stereocenters. The van der Waals surface area contributed by atoms with Crippen molar-refractivity contribution in [2.75, 3.05) is 6.61 Å². The van der Waals surface area contributed by atoms with Crippen molar-refractivity contribution >= 4 is 35.8 Å². The zero-order valence-electron chi connectivity index (χ0n) is 34.3. The van der Waals surface area contributed by atoms with Crippen LogP contribution in [0.5, 0.6) is 0 Å². The highest BCUT2D eigenvalue weighted by Crippen LogP contribution is 2.64. The number of carbonyl (C=O) groups is 6. The van der Waals surface area contributed by atoms with Crippen molar-refractivity contribution in [2.24, 2.45) is 16.7 Å². The van der Waals surface area contributed by atoms with Crippen LogP contribution in [0.15, 0.2) is 35.4 Å². The van der Waals surface area contributed by atoms with Crippen molar-refractivity contribution < 1.29 is 90.1 Å². The van der Waals surface area contributed by atoms with Gasteiger partial charge in [-0.15, -0.1) is 0 Å². The fourth-order valence-electron chi connectivity index (χ4n) is 9.18. The number of hydrogen-bond acceptors (Lipinski definition) is 15. The second-order valence-electron chi connectivity index (χ2n) is 17.4. The van der Waals surface area contributed by atoms with Gasteiger partial charge < -0.3 is 49.1 Å². The van der Waals surface area contributed by atoms with Gasteiger partial charge in [-0.2, -0.15) is 13.2 Å². The monoisotopic (exact) mass is 859 g/mol. The first kappa shape index (κ1) is 46.4. The summed E-state index contributed by atoms with van der Waals surface area (Å²) in [6.45, 7) is 10.8. The number of carbonyl (C=O) groups excluding carboxylic acids is 6. The number of alkyl halides is 3. The van der Waals surface area contributed by atoms with Gasteiger partial charge in [-0.1, -0.05) is 19.9 Å². The molecule has 4 aliphatic rings. The van der Waals surface area contributed by atoms with Gasteiger partial charge in [-0.05, 0) is 64.0 Å². The number of benzene rings is 1. The lowest BCUT2D eigenvalue weighted by atomic mass is 9.44. The Kier molecular flexibility index (Phi) is 12.1. The standard InChI is InChI=1S/C40H49F4NO15/c1-17-22(57-33(52)26(49)29(40(42,43)44)45-34(53)60-35(4,5)6)15-39(54)31(58-32(51)20-11-10-12-21(41)13-20)28-37(9,23(48)14-24-38(28,16-55-24)59-19(3)47)30(50)27(56-18(2)46)25(17)36(39,7)8/h10-13,22-24,26-29,31,48-49,54H,14-16H2,1-9H3,(H,45,53)/t22-,23-,24+,26+,27+,28-,29+,31-,37+,38-,39+/m0/s1. The average molecular weight is 860 g/mol. The Morgan fingerprint density at radius 1 is 1.00 bits per heavy atom. The van der Waals surface area contributed by atoms with E-state index in [4.69, 9.17) is 28.4 Å². The zero-order chi connectivity index (χ0) is 45.3. The Hall–Kier alpha value is -4.66. The molecule has 1 aliphatic heterocycles. The van der Waals surface area contributed by atoms with E-state index < -0.39 is 143 Å². The van der Waals surface area contributed by atoms with E-state index in [1.807, 2.05) is 0 Å². The first-order valence-corrected chi connectivity index (χ1v) is 19.0. The van der Waals surface area contributed by atoms with Crippen LogP contribution in [0, 0.1) is 22.6 Å². The lowest BCUT2D eigenvalue weighted by molar-refractivity contribution is -0.346. The van der Waals surface area contributed by atoms with Crippen LogP contribution in [0.1, 0.15) is 85.5 Å². The van der Waals surface area contributed by atoms with Gasteiger partial charge in [-0.25, -0.2) is 18.8 Å². The summed E-state index contributed by atoms with van der Waals surface area (Å²) in [5.41, 5.74) is -10.9. The van der Waals surface area contributed by atoms with Gasteiger partial charge in [0.15, 0.2) is 29.6 Å². The number of ether oxygens (including phenoxy) is 6. The third-order valence-corrected chi connectivity index (χ3v) is 12.1. The molecular formula is C40H49F4NO15. The van der Waals surface area contributed by atoms with E-state index >= 15 is 4.79 Å². The maximum absolute atomic E-state index is 15.3. The van der Waals surface area contributed by atoms with Crippen LogP contribution in [0.3, 0.4) is 0 Å². The number of hydrogen-bond donors (Lipinski definition) is 4. The summed E-state index contributed by atoms with van der Waals surface area (Å²) in [5.74, 6) is -8.97. The normalized spacial score (nSPS) is 33.2. The number of alkyl carbamates (subject to hydrolysis) is 1. The third-order valence-electron chi connectivity index (χ3n) is 12.1. The van der Waals surface area contributed by atoms with Crippen LogP contribution in [0.4, 0.5) is 22.4 Å². The van der Waals surface area contributed by atoms with E-state index in [1.54, 1.807) is 0 Å². The van der Waals surface area contributed by atoms with E-state index in [-0.39, 0.29) is 17.6 Å². The lowest BCUT2D eigenvalue weighted by Crippen LogP contribution is -2.82. The molecule has 0 radical (unpaired) electrons. The number of amides is 1. The van der Waals surface area contributed by atoms with E-state index in [0.29, 0.717) is 0 Å². The summed E-state index contributed by atoms with van der Waals surface area (Å²) in [4.78, 5) is 81.0. The fourth-order valence-corrected chi connectivity index (χ4v) is 9.18. The number of fused-ring (bicyclic) bond motifs is 5. The molecule has 1 aromatic rings. The Balaban J connectivity index is 1.74. The van der Waals surface area contributed by atoms with Gasteiger partial charge in [0.25, 0.3) is 0 Å². The zero-order valence-corrected chi connectivity index (χ0v) is 34.3. The molecule has 0 spiro atoms. The number of rotatable bonds is 8. The number of halogens is 4. The molecule has 0 aromatic heterocycles. The van der Waals surface area contributed by atoms with E-state index in [9.17, 15) is 56.9 Å². The van der Waals surface area contributed by atoms with Crippen LogP contribution in [0.2, 0.25) is 0 Å². The molecule has 5 rings (SSSR count). The Labute approximate surface area is 341 Å². The maximum Gasteiger partial charge on any atom is 0.411 e. The SMILES string of the molecule is CC(=O)O[C@H]1C(=O)[C@@]2(C)[C@H]([C@H](OC(=O)c3cccc(F)c3)[C@]3(O)C[C@H](OC(=O)[C@H](O)[C@@H](NC(=O)OC(C)(C)C)C(F)(F)F)C(C)=C1C3(C)C)[C@]1(OC(C)=O)CO[C@@H]1C[C@@H]2O. The molecule has 20 heteroatoms. The molecule has 60 heavy (non-hydrogen) atoms. The highest BCUT2D eigenvalue weighted by Gasteiger charge is 2.78. The van der Waals surface area contributed by atoms with Crippen LogP contribution < -0.4 is 5.32 Å². The van der Waals surface area contributed by atoms with Crippen molar-refractivity contribution in [2.45, 2.75) is 141 Å². The average Bonchev–Trinajstić information content (AvgIpc) is 3.10. The number of nitrogens with one attached hydrogen (secondary N) is 1. The third kappa shape index (κ3) is 7.98. The number of ketones is 1. The Bertz CT molecular complexity index is 1980. The molecule has 2 saturated carbocycles. The molecule has 1 saturated heterocycles. The predicted molar refractivity (Wildman–Crippen MR) is 194 cm³/mol. The lowest BCUT2D eigenvalue weighted by Gasteiger charge is -2.67. The summed E-state index contributed by atoms with van der Waals surface area (Å²) in [6, 6.07) is 0.887. The largest absolute Gasteiger partial charge is 0.456 e. The van der Waals surface area contributed by atoms with Gasteiger partial charge >= 0.3 is 36.1 Å². The molecule has 11 atom stereocenters. The van der Waals surface area contributed by atoms with E-state index in [2.05, 4.69) is 0 Å². The smallest absolute Gasteiger partial charge is 0.411 e. The maximum atomic E-state index is 15.3. The Morgan fingerprint density at radius 2 is 1.63 bits per heavy atom. The molecule has 332 valence electrons. The van der Waals surface area contributed by atoms with Crippen LogP contribution in [0.25, 0.3) is 0 Å². The van der Waals surface area contributed by atoms with Crippen LogP contribution in [-0.2, 0) is 47.6 Å². The Morgan fingerprint density at radius 3 is 2.15 bits per heavy atom. The second kappa shape index (κ2) is 15.7. The van der Waals surface area contributed by atoms with Crippen LogP contribution >= 0.6 is 0 Å². The molecule has 1 aromatic carbocycles. The molecule has 16 nitrogen and oxygen atoms in total. The number of esters is 4. The molecular weight excluding hydrogens is 810 g/mol. The quantitative estimate of drug-likeness (QED) is 0.127. The fraction of sp³-hybridized carbons (Fsp3) is 0.650. The number of Topliss-reactive ketones (excluding diaryl/α,β-unsaturated/α-hetero) is 1. The van der Waals surface area contributed by atoms with Crippen molar-refractivity contribution in [3.05, 3.63) is 46.8 Å². The number of aliphatic hydroxyl groups is 3. The molecule has 1 amide bonds. The van der Waals surface area contributed by atoms with Crippen molar-refractivity contribution in [1.82, 2.24) is 5.32 Å². The molecule has 2 bridgehead atoms. The summed E-state index contributed by atoms with van der Waals surface area (Å²) >= 11 is 0. The van der Waals surface area contributed by atoms with Gasteiger partial charge in [0.05, 0.1) is 29.6 Å². The molecule has 1 heterocycles. The minimum atomic E-state index is -5.47. The minimum absolute atomic E-state index is 0.157. The van der Waals surface area contributed by atoms with Crippen molar-refractivity contribution in [3.8, 4) is 0 Å². The van der Waals surface area contributed by atoms with Gasteiger partial charge in [0, 0.05) is 32.1 Å². The summed E-state index contributed by atoms with van der Waals surface area (Å²) in [6.07, 6.45) is -20.5. The summed E-state index contributed by atoms with van der Waals surface area (Å²) in [5, 5.41) is 37.5. The van der Waals surface area contributed by atoms with Gasteiger partial charge in [0.2, 0.25) is 0 Å². The highest BCUT2D eigenvalue weighted by molar-refractivity contribution is 5.95. The predicted octanol–water partition coefficient (Wildman–Crippen LogP) is 3.16. The first-order chi connectivity index (χ1) is 27.4. The summed E-state index contributed by atoms with van der Waals surface area (Å²) < 4.78 is 91.1. The van der Waals surface area contributed by atoms with Gasteiger partial charge in [0.1, 0.15) is 35.3 Å². The number of aliphatic hydroxyl groups excluding tert-OH is 2. The molecule has 3 aliphatic carbocycles. The first-order valence-electron chi connectivity index (χ1n) is 19.0. The molecule has 4 N–H and O–H groups in total.